The second kappa shape index (κ2) is 5.76. The summed E-state index contributed by atoms with van der Waals surface area (Å²) in [4.78, 5) is 12.0. The molecule has 0 unspecified atom stereocenters. The first-order valence-electron chi connectivity index (χ1n) is 7.60. The van der Waals surface area contributed by atoms with Crippen molar-refractivity contribution in [2.45, 2.75) is 57.5 Å². The van der Waals surface area contributed by atoms with Crippen LogP contribution in [0.3, 0.4) is 0 Å². The summed E-state index contributed by atoms with van der Waals surface area (Å²) in [5.74, 6) is 1.90. The van der Waals surface area contributed by atoms with Crippen molar-refractivity contribution in [3.8, 4) is 0 Å². The Hall–Kier alpha value is -1.32. The summed E-state index contributed by atoms with van der Waals surface area (Å²) >= 11 is 0. The molecule has 3 atom stereocenters. The molecule has 4 heteroatoms. The molecule has 2 saturated carbocycles. The predicted octanol–water partition coefficient (Wildman–Crippen LogP) is 2.36. The Morgan fingerprint density at radius 2 is 2.26 bits per heavy atom. The van der Waals surface area contributed by atoms with E-state index in [0.717, 1.165) is 24.8 Å². The van der Waals surface area contributed by atoms with Crippen molar-refractivity contribution in [2.24, 2.45) is 11.8 Å². The van der Waals surface area contributed by atoms with Gasteiger partial charge in [-0.2, -0.15) is 5.10 Å². The van der Waals surface area contributed by atoms with Crippen molar-refractivity contribution in [1.82, 2.24) is 15.1 Å². The highest BCUT2D eigenvalue weighted by atomic mass is 16.1. The lowest BCUT2D eigenvalue weighted by Crippen LogP contribution is -2.37. The van der Waals surface area contributed by atoms with Crippen LogP contribution in [-0.4, -0.2) is 21.7 Å². The molecule has 2 fully saturated rings. The van der Waals surface area contributed by atoms with E-state index in [1.54, 1.807) is 6.20 Å². The lowest BCUT2D eigenvalue weighted by atomic mass is 9.97. The van der Waals surface area contributed by atoms with Gasteiger partial charge >= 0.3 is 0 Å². The van der Waals surface area contributed by atoms with Gasteiger partial charge in [0.25, 0.3) is 0 Å². The number of carbonyl (C=O) groups excluding carboxylic acids is 1. The molecule has 0 aromatic carbocycles. The first kappa shape index (κ1) is 12.7. The topological polar surface area (TPSA) is 46.9 Å². The molecule has 3 rings (SSSR count). The van der Waals surface area contributed by atoms with Gasteiger partial charge in [-0.05, 0) is 43.6 Å². The largest absolute Gasteiger partial charge is 0.353 e. The number of aromatic nitrogens is 2. The number of carbonyl (C=O) groups is 1. The number of aryl methyl sites for hydroxylation is 1. The van der Waals surface area contributed by atoms with Gasteiger partial charge in [-0.15, -0.1) is 0 Å². The summed E-state index contributed by atoms with van der Waals surface area (Å²) in [5, 5.41) is 7.41. The minimum absolute atomic E-state index is 0.227. The van der Waals surface area contributed by atoms with Crippen molar-refractivity contribution in [3.63, 3.8) is 0 Å². The molecule has 0 aliphatic heterocycles. The zero-order valence-electron chi connectivity index (χ0n) is 11.4. The van der Waals surface area contributed by atoms with Crippen LogP contribution in [0.25, 0.3) is 0 Å². The van der Waals surface area contributed by atoms with Crippen LogP contribution in [0.2, 0.25) is 0 Å². The van der Waals surface area contributed by atoms with Crippen molar-refractivity contribution in [1.29, 1.82) is 0 Å². The van der Waals surface area contributed by atoms with Gasteiger partial charge in [0, 0.05) is 31.4 Å². The maximum Gasteiger partial charge on any atom is 0.220 e. The molecule has 1 aromatic rings. The van der Waals surface area contributed by atoms with Crippen LogP contribution in [0.4, 0.5) is 0 Å². The Bertz CT molecular complexity index is 415. The van der Waals surface area contributed by atoms with Crippen molar-refractivity contribution >= 4 is 5.91 Å². The highest BCUT2D eigenvalue weighted by molar-refractivity contribution is 5.76. The van der Waals surface area contributed by atoms with Crippen LogP contribution in [0.1, 0.15) is 44.9 Å². The van der Waals surface area contributed by atoms with Gasteiger partial charge in [-0.1, -0.05) is 12.8 Å². The van der Waals surface area contributed by atoms with Gasteiger partial charge < -0.3 is 5.32 Å². The summed E-state index contributed by atoms with van der Waals surface area (Å²) < 4.78 is 1.88. The van der Waals surface area contributed by atoms with E-state index >= 15 is 0 Å². The van der Waals surface area contributed by atoms with E-state index in [-0.39, 0.29) is 5.91 Å². The maximum atomic E-state index is 12.0. The number of nitrogens with one attached hydrogen (secondary N) is 1. The monoisotopic (exact) mass is 261 g/mol. The molecular formula is C15H23N3O. The number of hydrogen-bond acceptors (Lipinski definition) is 2. The van der Waals surface area contributed by atoms with E-state index in [1.807, 2.05) is 16.9 Å². The molecule has 1 heterocycles. The molecule has 4 nitrogen and oxygen atoms in total. The minimum Gasteiger partial charge on any atom is -0.353 e. The molecule has 0 radical (unpaired) electrons. The van der Waals surface area contributed by atoms with E-state index in [4.69, 9.17) is 0 Å². The molecule has 104 valence electrons. The molecular weight excluding hydrogens is 238 g/mol. The third-order valence-corrected chi connectivity index (χ3v) is 4.78. The molecule has 1 N–H and O–H groups in total. The van der Waals surface area contributed by atoms with Gasteiger partial charge in [0.2, 0.25) is 5.91 Å². The van der Waals surface area contributed by atoms with Crippen LogP contribution >= 0.6 is 0 Å². The second-order valence-corrected chi connectivity index (χ2v) is 5.98. The fourth-order valence-electron chi connectivity index (χ4n) is 3.85. The number of fused-ring (bicyclic) bond motifs is 1. The fourth-order valence-corrected chi connectivity index (χ4v) is 3.85. The highest BCUT2D eigenvalue weighted by Crippen LogP contribution is 2.43. The van der Waals surface area contributed by atoms with Crippen LogP contribution < -0.4 is 5.32 Å². The van der Waals surface area contributed by atoms with Crippen molar-refractivity contribution in [2.75, 3.05) is 0 Å². The van der Waals surface area contributed by atoms with E-state index < -0.39 is 0 Å². The average Bonchev–Trinajstić information content (AvgIpc) is 3.08. The Balaban J connectivity index is 1.39. The normalized spacial score (nSPS) is 29.4. The molecule has 0 spiro atoms. The Morgan fingerprint density at radius 3 is 3.11 bits per heavy atom. The molecule has 1 aromatic heterocycles. The lowest BCUT2D eigenvalue weighted by molar-refractivity contribution is -0.122. The molecule has 1 amide bonds. The smallest absolute Gasteiger partial charge is 0.220 e. The number of amides is 1. The van der Waals surface area contributed by atoms with Crippen molar-refractivity contribution in [3.05, 3.63) is 18.5 Å². The molecule has 2 aliphatic rings. The van der Waals surface area contributed by atoms with Gasteiger partial charge in [-0.25, -0.2) is 0 Å². The number of hydrogen-bond donors (Lipinski definition) is 1. The number of nitrogens with zero attached hydrogens (tertiary/aromatic N) is 2. The summed E-state index contributed by atoms with van der Waals surface area (Å²) in [6.45, 7) is 0.830. The third kappa shape index (κ3) is 2.99. The molecule has 0 saturated heterocycles. The van der Waals surface area contributed by atoms with Gasteiger partial charge in [0.05, 0.1) is 0 Å². The minimum atomic E-state index is 0.227. The maximum absolute atomic E-state index is 12.0. The summed E-state index contributed by atoms with van der Waals surface area (Å²) in [5.41, 5.74) is 0. The Labute approximate surface area is 114 Å². The first-order valence-corrected chi connectivity index (χ1v) is 7.60. The van der Waals surface area contributed by atoms with Gasteiger partial charge in [0.1, 0.15) is 0 Å². The van der Waals surface area contributed by atoms with Crippen LogP contribution in [0, 0.1) is 11.8 Å². The van der Waals surface area contributed by atoms with E-state index in [9.17, 15) is 4.79 Å². The fraction of sp³-hybridized carbons (Fsp3) is 0.733. The second-order valence-electron chi connectivity index (χ2n) is 5.98. The lowest BCUT2D eigenvalue weighted by Gasteiger charge is -2.20. The summed E-state index contributed by atoms with van der Waals surface area (Å²) in [6, 6.07) is 2.38. The van der Waals surface area contributed by atoms with Crippen LogP contribution in [0.15, 0.2) is 18.5 Å². The summed E-state index contributed by atoms with van der Waals surface area (Å²) in [7, 11) is 0. The first-order chi connectivity index (χ1) is 9.33. The SMILES string of the molecule is O=C(CCCn1cccn1)N[C@H]1CC[C@@H]2CCC[C@@H]21. The zero-order chi connectivity index (χ0) is 13.1. The Morgan fingerprint density at radius 1 is 1.32 bits per heavy atom. The third-order valence-electron chi connectivity index (χ3n) is 4.78. The van der Waals surface area contributed by atoms with E-state index in [0.29, 0.717) is 12.5 Å². The highest BCUT2D eigenvalue weighted by Gasteiger charge is 2.39. The van der Waals surface area contributed by atoms with Crippen LogP contribution in [0.5, 0.6) is 0 Å². The van der Waals surface area contributed by atoms with E-state index in [1.165, 1.54) is 32.1 Å². The molecule has 0 bridgehead atoms. The standard InChI is InChI=1S/C15H23N3O/c19-15(6-2-10-18-11-3-9-16-18)17-14-8-7-12-4-1-5-13(12)14/h3,9,11-14H,1-2,4-8,10H2,(H,17,19)/t12-,13-,14-/m0/s1. The van der Waals surface area contributed by atoms with Gasteiger partial charge in [0.15, 0.2) is 0 Å². The van der Waals surface area contributed by atoms with Crippen LogP contribution in [-0.2, 0) is 11.3 Å². The molecule has 19 heavy (non-hydrogen) atoms. The summed E-state index contributed by atoms with van der Waals surface area (Å²) in [6.07, 6.45) is 11.8. The van der Waals surface area contributed by atoms with Gasteiger partial charge in [-0.3, -0.25) is 9.48 Å². The predicted molar refractivity (Wildman–Crippen MR) is 73.5 cm³/mol. The van der Waals surface area contributed by atoms with Crippen molar-refractivity contribution < 1.29 is 4.79 Å². The molecule has 2 aliphatic carbocycles. The average molecular weight is 261 g/mol. The quantitative estimate of drug-likeness (QED) is 0.884. The Kier molecular flexibility index (Phi) is 3.85. The zero-order valence-corrected chi connectivity index (χ0v) is 11.4. The van der Waals surface area contributed by atoms with E-state index in [2.05, 4.69) is 10.4 Å². The number of rotatable bonds is 5.